The van der Waals surface area contributed by atoms with Gasteiger partial charge in [0.2, 0.25) is 0 Å². The van der Waals surface area contributed by atoms with Gasteiger partial charge < -0.3 is 10.2 Å². The standard InChI is InChI=1S/C54H39F2N3O5S2/c55-39-24-25-44(47(56)29-39)49(60)42-18-10-11-19-43(42)53(63)59-32-41(30-40(59)31-57-51(61)37-22-20-33(21-23-37)26-48-52(62)58-54(64)66-48)65-50-45(35-14-6-2-7-15-35)27-38(34-12-4-1-5-13-34)28-46(50)36-16-8-3-9-17-36/h1-29,40-41H,30-32H2,(H,57,61)(H,58,62,64)/b48-26-/t40-,41+/m0/s1. The maximum Gasteiger partial charge on any atom is 0.290 e. The van der Waals surface area contributed by atoms with Crippen LogP contribution in [0.1, 0.15) is 48.6 Å². The van der Waals surface area contributed by atoms with Gasteiger partial charge in [0.25, 0.3) is 23.0 Å². The minimum Gasteiger partial charge on any atom is -0.350 e. The number of imide groups is 1. The smallest absolute Gasteiger partial charge is 0.290 e. The second kappa shape index (κ2) is 19.4. The second-order valence-electron chi connectivity index (χ2n) is 15.8. The number of carbonyl (C=O) groups excluding carboxylic acids is 5. The van der Waals surface area contributed by atoms with Gasteiger partial charge in [-0.1, -0.05) is 121 Å². The first kappa shape index (κ1) is 43.8. The molecule has 2 N–H and O–H groups in total. The zero-order valence-corrected chi connectivity index (χ0v) is 36.7. The number of nitrogens with one attached hydrogen (secondary N) is 2. The molecule has 2 fully saturated rings. The number of hydrogen-bond donors (Lipinski definition) is 2. The first-order valence-electron chi connectivity index (χ1n) is 21.1. The van der Waals surface area contributed by atoms with Crippen molar-refractivity contribution in [2.75, 3.05) is 13.1 Å². The van der Waals surface area contributed by atoms with Crippen LogP contribution >= 0.6 is 23.5 Å². The summed E-state index contributed by atoms with van der Waals surface area (Å²) in [5, 5.41) is 4.61. The Balaban J connectivity index is 1.06. The molecule has 7 aromatic carbocycles. The lowest BCUT2D eigenvalue weighted by atomic mass is 9.93. The highest BCUT2D eigenvalue weighted by molar-refractivity contribution is 8.18. The van der Waals surface area contributed by atoms with Crippen molar-refractivity contribution in [3.8, 4) is 33.4 Å². The predicted molar refractivity (Wildman–Crippen MR) is 256 cm³/mol. The largest absolute Gasteiger partial charge is 0.350 e. The Morgan fingerprint density at radius 3 is 1.86 bits per heavy atom. The van der Waals surface area contributed by atoms with E-state index in [0.29, 0.717) is 23.6 Å². The molecule has 326 valence electrons. The van der Waals surface area contributed by atoms with E-state index < -0.39 is 46.4 Å². The fourth-order valence-electron chi connectivity index (χ4n) is 8.24. The highest BCUT2D eigenvalue weighted by Crippen LogP contribution is 2.46. The van der Waals surface area contributed by atoms with Crippen molar-refractivity contribution in [3.63, 3.8) is 0 Å². The minimum atomic E-state index is -1.04. The molecule has 9 rings (SSSR count). The molecule has 0 aliphatic carbocycles. The zero-order chi connectivity index (χ0) is 45.7. The molecule has 0 saturated carbocycles. The first-order valence-corrected chi connectivity index (χ1v) is 22.8. The summed E-state index contributed by atoms with van der Waals surface area (Å²) in [4.78, 5) is 69.2. The summed E-state index contributed by atoms with van der Waals surface area (Å²) in [6, 6.07) is 49.9. The van der Waals surface area contributed by atoms with Crippen LogP contribution in [0.5, 0.6) is 0 Å². The molecule has 12 heteroatoms. The number of nitrogens with zero attached hydrogens (tertiary/aromatic N) is 1. The molecule has 4 amide bonds. The van der Waals surface area contributed by atoms with E-state index in [1.807, 2.05) is 54.6 Å². The molecule has 2 saturated heterocycles. The number of amides is 4. The molecule has 7 aromatic rings. The van der Waals surface area contributed by atoms with Gasteiger partial charge in [-0.25, -0.2) is 8.78 Å². The molecule has 2 heterocycles. The van der Waals surface area contributed by atoms with Gasteiger partial charge in [0.1, 0.15) is 11.6 Å². The normalized spacial score (nSPS) is 16.3. The summed E-state index contributed by atoms with van der Waals surface area (Å²) in [6.45, 7) is 0.316. The summed E-state index contributed by atoms with van der Waals surface area (Å²) in [7, 11) is 0. The highest BCUT2D eigenvalue weighted by Gasteiger charge is 2.38. The summed E-state index contributed by atoms with van der Waals surface area (Å²) in [6.07, 6.45) is 2.04. The molecule has 0 bridgehead atoms. The summed E-state index contributed by atoms with van der Waals surface area (Å²) in [5.74, 6) is -3.97. The quantitative estimate of drug-likeness (QED) is 0.0927. The SMILES string of the molecule is O=C1NC(=O)/C(=C/c2ccc(C(=O)NC[C@@H]3C[C@@H](Sc4c(-c5ccccc5)cc(-c5ccccc5)cc4-c4ccccc4)CN3C(=O)c3ccccc3C(=O)c3ccc(F)cc3F)cc2)S1. The zero-order valence-electron chi connectivity index (χ0n) is 35.1. The third-order valence-corrected chi connectivity index (χ3v) is 13.6. The minimum absolute atomic E-state index is 0.0333. The van der Waals surface area contributed by atoms with Crippen molar-refractivity contribution >= 4 is 58.3 Å². The van der Waals surface area contributed by atoms with E-state index in [2.05, 4.69) is 59.2 Å². The molecular formula is C54H39F2N3O5S2. The van der Waals surface area contributed by atoms with Gasteiger partial charge in [-0.3, -0.25) is 29.3 Å². The number of hydrogen-bond acceptors (Lipinski definition) is 7. The molecule has 2 atom stereocenters. The van der Waals surface area contributed by atoms with Crippen molar-refractivity contribution in [1.82, 2.24) is 15.5 Å². The van der Waals surface area contributed by atoms with Crippen LogP contribution in [-0.2, 0) is 4.79 Å². The van der Waals surface area contributed by atoms with Gasteiger partial charge in [0.05, 0.1) is 22.1 Å². The summed E-state index contributed by atoms with van der Waals surface area (Å²) < 4.78 is 28.9. The second-order valence-corrected chi connectivity index (χ2v) is 18.1. The number of benzene rings is 7. The maximum atomic E-state index is 15.0. The van der Waals surface area contributed by atoms with Crippen LogP contribution in [0, 0.1) is 11.6 Å². The molecule has 2 aliphatic heterocycles. The number of ketones is 1. The average Bonchev–Trinajstić information content (AvgIpc) is 3.91. The lowest BCUT2D eigenvalue weighted by Gasteiger charge is -2.26. The third-order valence-electron chi connectivity index (χ3n) is 11.5. The summed E-state index contributed by atoms with van der Waals surface area (Å²) >= 11 is 2.46. The van der Waals surface area contributed by atoms with Crippen molar-refractivity contribution in [3.05, 3.63) is 214 Å². The Morgan fingerprint density at radius 2 is 1.27 bits per heavy atom. The fraction of sp³-hybridized carbons (Fsp3) is 0.0926. The number of halogens is 2. The van der Waals surface area contributed by atoms with Gasteiger partial charge >= 0.3 is 0 Å². The van der Waals surface area contributed by atoms with Gasteiger partial charge in [-0.2, -0.15) is 0 Å². The molecule has 0 unspecified atom stereocenters. The number of rotatable bonds is 12. The van der Waals surface area contributed by atoms with Crippen LogP contribution in [-0.4, -0.2) is 58.0 Å². The number of likely N-dealkylation sites (tertiary alicyclic amines) is 1. The summed E-state index contributed by atoms with van der Waals surface area (Å²) in [5.41, 5.74) is 6.81. The van der Waals surface area contributed by atoms with E-state index in [4.69, 9.17) is 0 Å². The van der Waals surface area contributed by atoms with Gasteiger partial charge in [0.15, 0.2) is 5.78 Å². The molecule has 0 aromatic heterocycles. The molecular weight excluding hydrogens is 873 g/mol. The molecule has 66 heavy (non-hydrogen) atoms. The van der Waals surface area contributed by atoms with Crippen molar-refractivity contribution in [1.29, 1.82) is 0 Å². The van der Waals surface area contributed by atoms with E-state index in [1.54, 1.807) is 59.1 Å². The first-order chi connectivity index (χ1) is 32.1. The van der Waals surface area contributed by atoms with Crippen molar-refractivity contribution in [2.45, 2.75) is 22.6 Å². The lowest BCUT2D eigenvalue weighted by molar-refractivity contribution is -0.115. The Hall–Kier alpha value is -7.41. The fourth-order valence-corrected chi connectivity index (χ4v) is 10.4. The Morgan fingerprint density at radius 1 is 0.682 bits per heavy atom. The van der Waals surface area contributed by atoms with Gasteiger partial charge in [-0.15, -0.1) is 11.8 Å². The van der Waals surface area contributed by atoms with E-state index in [0.717, 1.165) is 62.2 Å². The number of carbonyl (C=O) groups is 5. The van der Waals surface area contributed by atoms with Gasteiger partial charge in [0, 0.05) is 40.4 Å². The van der Waals surface area contributed by atoms with Crippen LogP contribution in [0.25, 0.3) is 39.5 Å². The maximum absolute atomic E-state index is 15.0. The highest BCUT2D eigenvalue weighted by atomic mass is 32.2. The Bertz CT molecular complexity index is 2980. The topological polar surface area (TPSA) is 113 Å². The van der Waals surface area contributed by atoms with Crippen LogP contribution in [0.4, 0.5) is 13.6 Å². The van der Waals surface area contributed by atoms with Crippen LogP contribution in [0.15, 0.2) is 180 Å². The van der Waals surface area contributed by atoms with Crippen molar-refractivity contribution < 1.29 is 32.8 Å². The van der Waals surface area contributed by atoms with Crippen LogP contribution < -0.4 is 10.6 Å². The van der Waals surface area contributed by atoms with E-state index in [-0.39, 0.29) is 39.9 Å². The van der Waals surface area contributed by atoms with E-state index in [1.165, 1.54) is 12.1 Å². The molecule has 0 spiro atoms. The predicted octanol–water partition coefficient (Wildman–Crippen LogP) is 11.3. The Labute approximate surface area is 388 Å². The third kappa shape index (κ3) is 9.51. The Kier molecular flexibility index (Phi) is 12.9. The molecule has 2 aliphatic rings. The van der Waals surface area contributed by atoms with Crippen LogP contribution in [0.2, 0.25) is 0 Å². The monoisotopic (exact) mass is 911 g/mol. The van der Waals surface area contributed by atoms with Crippen molar-refractivity contribution in [2.24, 2.45) is 0 Å². The molecule has 0 radical (unpaired) electrons. The van der Waals surface area contributed by atoms with Gasteiger partial charge in [-0.05, 0) is 106 Å². The molecule has 8 nitrogen and oxygen atoms in total. The van der Waals surface area contributed by atoms with Crippen LogP contribution in [0.3, 0.4) is 0 Å². The number of thioether (sulfide) groups is 2. The van der Waals surface area contributed by atoms with E-state index >= 15 is 0 Å². The average molecular weight is 912 g/mol. The van der Waals surface area contributed by atoms with E-state index in [9.17, 15) is 32.8 Å². The lowest BCUT2D eigenvalue weighted by Crippen LogP contribution is -2.43.